The van der Waals surface area contributed by atoms with Crippen LogP contribution >= 0.6 is 12.2 Å². The fraction of sp³-hybridized carbons (Fsp3) is 0. The van der Waals surface area contributed by atoms with Gasteiger partial charge in [-0.25, -0.2) is 0 Å². The van der Waals surface area contributed by atoms with E-state index < -0.39 is 0 Å². The highest BCUT2D eigenvalue weighted by Gasteiger charge is 2.19. The van der Waals surface area contributed by atoms with Crippen LogP contribution in [0.25, 0.3) is 11.6 Å². The van der Waals surface area contributed by atoms with Gasteiger partial charge < -0.3 is 10.3 Å². The third kappa shape index (κ3) is 1.46. The van der Waals surface area contributed by atoms with Crippen molar-refractivity contribution in [1.82, 2.24) is 4.98 Å². The maximum Gasteiger partial charge on any atom is 0.111 e. The molecule has 0 saturated carbocycles. The van der Waals surface area contributed by atoms with Crippen LogP contribution in [0.1, 0.15) is 11.3 Å². The fourth-order valence-electron chi connectivity index (χ4n) is 1.87. The molecule has 0 aliphatic carbocycles. The predicted molar refractivity (Wildman–Crippen MR) is 71.3 cm³/mol. The van der Waals surface area contributed by atoms with Gasteiger partial charge in [0.15, 0.2) is 0 Å². The molecule has 0 spiro atoms. The molecule has 3 rings (SSSR count). The van der Waals surface area contributed by atoms with E-state index in [1.54, 1.807) is 0 Å². The van der Waals surface area contributed by atoms with E-state index in [0.717, 1.165) is 21.9 Å². The highest BCUT2D eigenvalue weighted by Crippen LogP contribution is 2.33. The number of rotatable bonds is 1. The molecule has 0 saturated heterocycles. The van der Waals surface area contributed by atoms with Crippen LogP contribution in [-0.2, 0) is 0 Å². The molecule has 0 radical (unpaired) electrons. The van der Waals surface area contributed by atoms with E-state index in [9.17, 15) is 0 Å². The van der Waals surface area contributed by atoms with E-state index in [4.69, 9.17) is 12.2 Å². The molecule has 0 unspecified atom stereocenters. The van der Waals surface area contributed by atoms with Gasteiger partial charge in [-0.05, 0) is 24.3 Å². The number of fused-ring (bicyclic) bond motifs is 1. The van der Waals surface area contributed by atoms with Crippen LogP contribution in [0.4, 0.5) is 5.69 Å². The number of para-hydroxylation sites is 1. The van der Waals surface area contributed by atoms with E-state index in [1.165, 1.54) is 5.56 Å². The molecular formula is C13H10N2S. The van der Waals surface area contributed by atoms with Crippen molar-refractivity contribution in [1.29, 1.82) is 0 Å². The van der Waals surface area contributed by atoms with E-state index in [1.807, 2.05) is 36.5 Å². The molecule has 2 heterocycles. The number of hydrogen-bond donors (Lipinski definition) is 2. The molecule has 78 valence electrons. The molecule has 1 aliphatic heterocycles. The Morgan fingerprint density at radius 2 is 1.94 bits per heavy atom. The summed E-state index contributed by atoms with van der Waals surface area (Å²) >= 11 is 5.33. The van der Waals surface area contributed by atoms with Crippen molar-refractivity contribution in [3.05, 3.63) is 53.9 Å². The van der Waals surface area contributed by atoms with Gasteiger partial charge in [-0.15, -0.1) is 0 Å². The Morgan fingerprint density at radius 1 is 1.06 bits per heavy atom. The maximum atomic E-state index is 5.33. The first kappa shape index (κ1) is 9.36. The van der Waals surface area contributed by atoms with E-state index in [-0.39, 0.29) is 0 Å². The van der Waals surface area contributed by atoms with Gasteiger partial charge in [-0.3, -0.25) is 0 Å². The zero-order valence-electron chi connectivity index (χ0n) is 8.53. The summed E-state index contributed by atoms with van der Waals surface area (Å²) in [5.41, 5.74) is 4.40. The van der Waals surface area contributed by atoms with Crippen molar-refractivity contribution in [3.63, 3.8) is 0 Å². The van der Waals surface area contributed by atoms with Gasteiger partial charge in [-0.2, -0.15) is 0 Å². The first-order valence-electron chi connectivity index (χ1n) is 5.10. The molecule has 0 amide bonds. The SMILES string of the molecule is S=C1Nc2ccccc2/C1=C/c1ccc[nH]1. The Hall–Kier alpha value is -1.87. The summed E-state index contributed by atoms with van der Waals surface area (Å²) in [5, 5.41) is 3.21. The van der Waals surface area contributed by atoms with Crippen molar-refractivity contribution >= 4 is 34.5 Å². The quantitative estimate of drug-likeness (QED) is 0.576. The summed E-state index contributed by atoms with van der Waals surface area (Å²) in [6.07, 6.45) is 3.98. The van der Waals surface area contributed by atoms with E-state index in [0.29, 0.717) is 0 Å². The van der Waals surface area contributed by atoms with Crippen molar-refractivity contribution in [2.75, 3.05) is 5.32 Å². The standard InChI is InChI=1S/C13H10N2S/c16-13-11(8-9-4-3-7-14-9)10-5-1-2-6-12(10)15-13/h1-8,14H,(H,15,16)/b11-8-. The molecule has 2 nitrogen and oxygen atoms in total. The molecule has 0 atom stereocenters. The highest BCUT2D eigenvalue weighted by molar-refractivity contribution is 7.81. The van der Waals surface area contributed by atoms with Crippen LogP contribution in [0.15, 0.2) is 42.6 Å². The third-order valence-corrected chi connectivity index (χ3v) is 2.95. The van der Waals surface area contributed by atoms with Crippen LogP contribution < -0.4 is 5.32 Å². The fourth-order valence-corrected chi connectivity index (χ4v) is 2.15. The maximum absolute atomic E-state index is 5.33. The van der Waals surface area contributed by atoms with E-state index in [2.05, 4.69) is 22.4 Å². The summed E-state index contributed by atoms with van der Waals surface area (Å²) in [7, 11) is 0. The number of thiocarbonyl (C=S) groups is 1. The molecule has 1 aromatic carbocycles. The predicted octanol–water partition coefficient (Wildman–Crippen LogP) is 3.31. The molecular weight excluding hydrogens is 216 g/mol. The molecule has 1 aliphatic rings. The van der Waals surface area contributed by atoms with Crippen LogP contribution in [0, 0.1) is 0 Å². The zero-order valence-corrected chi connectivity index (χ0v) is 9.34. The highest BCUT2D eigenvalue weighted by atomic mass is 32.1. The molecule has 3 heteroatoms. The smallest absolute Gasteiger partial charge is 0.111 e. The number of aromatic amines is 1. The molecule has 0 fully saturated rings. The van der Waals surface area contributed by atoms with Crippen LogP contribution in [-0.4, -0.2) is 9.97 Å². The van der Waals surface area contributed by atoms with E-state index >= 15 is 0 Å². The number of nitrogens with one attached hydrogen (secondary N) is 2. The van der Waals surface area contributed by atoms with Crippen LogP contribution in [0.5, 0.6) is 0 Å². The Bertz CT molecular complexity index is 567. The van der Waals surface area contributed by atoms with Crippen LogP contribution in [0.3, 0.4) is 0 Å². The second-order valence-electron chi connectivity index (χ2n) is 3.68. The Kier molecular flexibility index (Phi) is 2.11. The normalized spacial score (nSPS) is 16.2. The molecule has 2 aromatic rings. The lowest BCUT2D eigenvalue weighted by Crippen LogP contribution is -2.00. The van der Waals surface area contributed by atoms with Crippen LogP contribution in [0.2, 0.25) is 0 Å². The molecule has 1 aromatic heterocycles. The van der Waals surface area contributed by atoms with Gasteiger partial charge in [0.2, 0.25) is 0 Å². The third-order valence-electron chi connectivity index (χ3n) is 2.63. The lowest BCUT2D eigenvalue weighted by atomic mass is 10.1. The summed E-state index contributed by atoms with van der Waals surface area (Å²) in [6, 6.07) is 12.1. The van der Waals surface area contributed by atoms with Crippen molar-refractivity contribution in [2.45, 2.75) is 0 Å². The lowest BCUT2D eigenvalue weighted by Gasteiger charge is -1.97. The first-order chi connectivity index (χ1) is 7.84. The van der Waals surface area contributed by atoms with Gasteiger partial charge in [0.1, 0.15) is 4.99 Å². The summed E-state index contributed by atoms with van der Waals surface area (Å²) in [6.45, 7) is 0. The summed E-state index contributed by atoms with van der Waals surface area (Å²) in [5.74, 6) is 0. The lowest BCUT2D eigenvalue weighted by molar-refractivity contribution is 1.38. The van der Waals surface area contributed by atoms with Gasteiger partial charge in [0.05, 0.1) is 0 Å². The molecule has 16 heavy (non-hydrogen) atoms. The second kappa shape index (κ2) is 3.61. The zero-order chi connectivity index (χ0) is 11.0. The van der Waals surface area contributed by atoms with Gasteiger partial charge in [0, 0.05) is 28.7 Å². The summed E-state index contributed by atoms with van der Waals surface area (Å²) < 4.78 is 0. The van der Waals surface area contributed by atoms with Crippen molar-refractivity contribution < 1.29 is 0 Å². The largest absolute Gasteiger partial charge is 0.362 e. The first-order valence-corrected chi connectivity index (χ1v) is 5.51. The number of hydrogen-bond acceptors (Lipinski definition) is 1. The number of anilines is 1. The van der Waals surface area contributed by atoms with Gasteiger partial charge in [0.25, 0.3) is 0 Å². The minimum Gasteiger partial charge on any atom is -0.362 e. The average Bonchev–Trinajstić information content (AvgIpc) is 2.89. The topological polar surface area (TPSA) is 27.8 Å². The minimum absolute atomic E-state index is 0.788. The number of aromatic nitrogens is 1. The Labute approximate surface area is 99.0 Å². The van der Waals surface area contributed by atoms with Crippen molar-refractivity contribution in [3.8, 4) is 0 Å². The Balaban J connectivity index is 2.12. The van der Waals surface area contributed by atoms with Crippen molar-refractivity contribution in [2.24, 2.45) is 0 Å². The Morgan fingerprint density at radius 3 is 2.75 bits per heavy atom. The van der Waals surface area contributed by atoms with Gasteiger partial charge in [-0.1, -0.05) is 30.4 Å². The molecule has 0 bridgehead atoms. The number of benzene rings is 1. The van der Waals surface area contributed by atoms with Gasteiger partial charge >= 0.3 is 0 Å². The summed E-state index contributed by atoms with van der Waals surface area (Å²) in [4.78, 5) is 3.94. The minimum atomic E-state index is 0.788. The number of H-pyrrole nitrogens is 1. The second-order valence-corrected chi connectivity index (χ2v) is 4.09. The molecule has 2 N–H and O–H groups in total. The average molecular weight is 226 g/mol. The monoisotopic (exact) mass is 226 g/mol.